The summed E-state index contributed by atoms with van der Waals surface area (Å²) in [5, 5.41) is 19.3. The molecule has 0 aliphatic rings. The minimum absolute atomic E-state index is 0.0611. The molecule has 2 N–H and O–H groups in total. The Labute approximate surface area is 129 Å². The Morgan fingerprint density at radius 1 is 1.62 bits per heavy atom. The lowest BCUT2D eigenvalue weighted by atomic mass is 10.0. The van der Waals surface area contributed by atoms with Gasteiger partial charge in [0.15, 0.2) is 4.34 Å². The van der Waals surface area contributed by atoms with Crippen molar-refractivity contribution < 1.29 is 23.2 Å². The van der Waals surface area contributed by atoms with E-state index < -0.39 is 26.6 Å². The number of carboxylic acid groups (broad SMARTS) is 1. The van der Waals surface area contributed by atoms with Crippen molar-refractivity contribution >= 4 is 44.6 Å². The number of rotatable bonds is 8. The molecule has 1 heterocycles. The molecule has 1 aromatic rings. The molecular formula is C10H13ClN2O6S2. The first kappa shape index (κ1) is 17.8. The number of sulfonamides is 1. The van der Waals surface area contributed by atoms with Gasteiger partial charge in [0.2, 0.25) is 10.0 Å². The van der Waals surface area contributed by atoms with Crippen LogP contribution in [-0.2, 0) is 14.8 Å². The highest BCUT2D eigenvalue weighted by atomic mass is 35.5. The third kappa shape index (κ3) is 4.92. The van der Waals surface area contributed by atoms with E-state index in [1.54, 1.807) is 6.92 Å². The number of thiophene rings is 1. The van der Waals surface area contributed by atoms with Crippen LogP contribution in [0.4, 0.5) is 5.69 Å². The highest BCUT2D eigenvalue weighted by Crippen LogP contribution is 2.36. The summed E-state index contributed by atoms with van der Waals surface area (Å²) in [6, 6.07) is 0.882. The fraction of sp³-hybridized carbons (Fsp3) is 0.500. The number of nitro groups is 1. The minimum Gasteiger partial charge on any atom is -0.481 e. The number of carbonyl (C=O) groups is 1. The highest BCUT2D eigenvalue weighted by molar-refractivity contribution is 7.91. The third-order valence-corrected chi connectivity index (χ3v) is 5.95. The zero-order valence-electron chi connectivity index (χ0n) is 10.9. The van der Waals surface area contributed by atoms with Crippen molar-refractivity contribution in [2.45, 2.75) is 24.0 Å². The molecule has 0 saturated heterocycles. The second-order valence-electron chi connectivity index (χ2n) is 4.21. The molecule has 0 aliphatic carbocycles. The smallest absolute Gasteiger partial charge is 0.303 e. The second-order valence-corrected chi connectivity index (χ2v) is 7.85. The van der Waals surface area contributed by atoms with E-state index in [9.17, 15) is 23.3 Å². The molecule has 0 bridgehead atoms. The summed E-state index contributed by atoms with van der Waals surface area (Å²) in [5.41, 5.74) is -0.473. The number of carboxylic acids is 1. The van der Waals surface area contributed by atoms with Gasteiger partial charge >= 0.3 is 5.97 Å². The van der Waals surface area contributed by atoms with Crippen LogP contribution in [-0.4, -0.2) is 31.0 Å². The summed E-state index contributed by atoms with van der Waals surface area (Å²) < 4.78 is 25.7. The normalized spacial score (nSPS) is 13.0. The van der Waals surface area contributed by atoms with Gasteiger partial charge in [-0.3, -0.25) is 14.9 Å². The summed E-state index contributed by atoms with van der Waals surface area (Å²) >= 11 is 6.19. The summed E-state index contributed by atoms with van der Waals surface area (Å²) in [6.45, 7) is 1.68. The zero-order valence-corrected chi connectivity index (χ0v) is 13.3. The number of aliphatic carboxylic acids is 1. The molecular weight excluding hydrogens is 344 g/mol. The van der Waals surface area contributed by atoms with Crippen LogP contribution in [0.25, 0.3) is 0 Å². The Morgan fingerprint density at radius 2 is 2.24 bits per heavy atom. The van der Waals surface area contributed by atoms with Gasteiger partial charge in [-0.2, -0.15) is 0 Å². The summed E-state index contributed by atoms with van der Waals surface area (Å²) in [4.78, 5) is 20.5. The molecule has 1 aromatic heterocycles. The van der Waals surface area contributed by atoms with Crippen LogP contribution in [0.5, 0.6) is 0 Å². The van der Waals surface area contributed by atoms with Gasteiger partial charge in [0.05, 0.1) is 4.92 Å². The van der Waals surface area contributed by atoms with Crippen molar-refractivity contribution in [2.75, 3.05) is 6.54 Å². The molecule has 0 fully saturated rings. The Kier molecular flexibility index (Phi) is 6.08. The minimum atomic E-state index is -3.95. The van der Waals surface area contributed by atoms with Crippen LogP contribution in [0, 0.1) is 16.0 Å². The quantitative estimate of drug-likeness (QED) is 0.542. The van der Waals surface area contributed by atoms with Crippen molar-refractivity contribution in [1.29, 1.82) is 0 Å². The van der Waals surface area contributed by atoms with Gasteiger partial charge in [0.25, 0.3) is 5.69 Å². The summed E-state index contributed by atoms with van der Waals surface area (Å²) in [6.07, 6.45) is 0.324. The van der Waals surface area contributed by atoms with Crippen molar-refractivity contribution in [3.05, 3.63) is 20.5 Å². The van der Waals surface area contributed by atoms with E-state index in [0.717, 1.165) is 6.07 Å². The lowest BCUT2D eigenvalue weighted by Gasteiger charge is -2.12. The molecule has 0 aromatic carbocycles. The topological polar surface area (TPSA) is 127 Å². The largest absolute Gasteiger partial charge is 0.481 e. The SMILES string of the molecule is CCC(CNS(=O)(=O)c1cc([N+](=O)[O-])c(Cl)s1)CC(=O)O. The van der Waals surface area contributed by atoms with Gasteiger partial charge in [-0.05, 0) is 5.92 Å². The molecule has 0 saturated carbocycles. The number of hydrogen-bond acceptors (Lipinski definition) is 6. The van der Waals surface area contributed by atoms with Crippen molar-refractivity contribution in [3.63, 3.8) is 0 Å². The average molecular weight is 357 g/mol. The fourth-order valence-corrected chi connectivity index (χ4v) is 4.33. The van der Waals surface area contributed by atoms with Crippen molar-refractivity contribution in [1.82, 2.24) is 4.72 Å². The summed E-state index contributed by atoms with van der Waals surface area (Å²) in [5.74, 6) is -1.38. The standard InChI is InChI=1S/C10H13ClN2O6S2/c1-2-6(3-8(14)15)5-12-21(18,19)9-4-7(13(16)17)10(11)20-9/h4,6,12H,2-3,5H2,1H3,(H,14,15). The van der Waals surface area contributed by atoms with Crippen LogP contribution in [0.1, 0.15) is 19.8 Å². The Morgan fingerprint density at radius 3 is 2.67 bits per heavy atom. The van der Waals surface area contributed by atoms with Crippen LogP contribution < -0.4 is 4.72 Å². The third-order valence-electron chi connectivity index (χ3n) is 2.71. The molecule has 1 rings (SSSR count). The predicted molar refractivity (Wildman–Crippen MR) is 77.2 cm³/mol. The molecule has 0 spiro atoms. The van der Waals surface area contributed by atoms with Crippen molar-refractivity contribution in [3.8, 4) is 0 Å². The Bertz CT molecular complexity index is 642. The Balaban J connectivity index is 2.84. The molecule has 0 aliphatic heterocycles. The van der Waals surface area contributed by atoms with Crippen molar-refractivity contribution in [2.24, 2.45) is 5.92 Å². The number of nitrogens with zero attached hydrogens (tertiary/aromatic N) is 1. The first-order valence-corrected chi connectivity index (χ1v) is 8.50. The molecule has 8 nitrogen and oxygen atoms in total. The van der Waals surface area contributed by atoms with Gasteiger partial charge in [-0.15, -0.1) is 11.3 Å². The van der Waals surface area contributed by atoms with E-state index in [0.29, 0.717) is 17.8 Å². The highest BCUT2D eigenvalue weighted by Gasteiger charge is 2.26. The first-order valence-electron chi connectivity index (χ1n) is 5.82. The van der Waals surface area contributed by atoms with Gasteiger partial charge in [0, 0.05) is 19.0 Å². The molecule has 1 atom stereocenters. The van der Waals surface area contributed by atoms with E-state index in [1.807, 2.05) is 0 Å². The predicted octanol–water partition coefficient (Wildman–Crippen LogP) is 2.09. The second kappa shape index (κ2) is 7.16. The molecule has 0 radical (unpaired) electrons. The monoisotopic (exact) mass is 356 g/mol. The van der Waals surface area contributed by atoms with Gasteiger partial charge in [-0.1, -0.05) is 24.9 Å². The van der Waals surface area contributed by atoms with Gasteiger partial charge in [-0.25, -0.2) is 13.1 Å². The lowest BCUT2D eigenvalue weighted by molar-refractivity contribution is -0.384. The van der Waals surface area contributed by atoms with Gasteiger partial charge in [0.1, 0.15) is 4.21 Å². The Hall–Kier alpha value is -1.23. The van der Waals surface area contributed by atoms with E-state index in [-0.39, 0.29) is 27.4 Å². The number of halogens is 1. The van der Waals surface area contributed by atoms with E-state index in [4.69, 9.17) is 16.7 Å². The number of nitrogens with one attached hydrogen (secondary N) is 1. The van der Waals surface area contributed by atoms with E-state index in [1.165, 1.54) is 0 Å². The van der Waals surface area contributed by atoms with Crippen LogP contribution in [0.15, 0.2) is 10.3 Å². The molecule has 11 heteroatoms. The van der Waals surface area contributed by atoms with Gasteiger partial charge < -0.3 is 5.11 Å². The molecule has 0 amide bonds. The molecule has 118 valence electrons. The maximum Gasteiger partial charge on any atom is 0.303 e. The molecule has 1 unspecified atom stereocenters. The molecule has 21 heavy (non-hydrogen) atoms. The lowest BCUT2D eigenvalue weighted by Crippen LogP contribution is -2.29. The van der Waals surface area contributed by atoms with Crippen LogP contribution in [0.2, 0.25) is 4.34 Å². The summed E-state index contributed by atoms with van der Waals surface area (Å²) in [7, 11) is -3.95. The first-order chi connectivity index (χ1) is 9.67. The maximum absolute atomic E-state index is 12.0. The van der Waals surface area contributed by atoms with Crippen LogP contribution in [0.3, 0.4) is 0 Å². The van der Waals surface area contributed by atoms with Crippen LogP contribution >= 0.6 is 22.9 Å². The maximum atomic E-state index is 12.0. The average Bonchev–Trinajstić information content (AvgIpc) is 2.77. The van der Waals surface area contributed by atoms with E-state index >= 15 is 0 Å². The fourth-order valence-electron chi connectivity index (χ4n) is 1.50. The van der Waals surface area contributed by atoms with E-state index in [2.05, 4.69) is 4.72 Å². The zero-order chi connectivity index (χ0) is 16.2. The number of hydrogen-bond donors (Lipinski definition) is 2.